The third-order valence-corrected chi connectivity index (χ3v) is 3.03. The van der Waals surface area contributed by atoms with Crippen molar-refractivity contribution in [3.63, 3.8) is 0 Å². The van der Waals surface area contributed by atoms with Gasteiger partial charge in [-0.25, -0.2) is 0 Å². The number of piperidine rings is 1. The highest BCUT2D eigenvalue weighted by atomic mass is 15.2. The molecule has 2 nitrogen and oxygen atoms in total. The van der Waals surface area contributed by atoms with Crippen LogP contribution in [0.25, 0.3) is 0 Å². The van der Waals surface area contributed by atoms with Gasteiger partial charge >= 0.3 is 0 Å². The summed E-state index contributed by atoms with van der Waals surface area (Å²) in [5.41, 5.74) is 0.675. The van der Waals surface area contributed by atoms with E-state index in [-0.39, 0.29) is 0 Å². The summed E-state index contributed by atoms with van der Waals surface area (Å²) in [6, 6.07) is 0. The summed E-state index contributed by atoms with van der Waals surface area (Å²) < 4.78 is 0. The van der Waals surface area contributed by atoms with E-state index in [0.29, 0.717) is 5.41 Å². The third kappa shape index (κ3) is 0.867. The Morgan fingerprint density at radius 2 is 2.10 bits per heavy atom. The van der Waals surface area contributed by atoms with Gasteiger partial charge in [0.05, 0.1) is 0 Å². The molecule has 0 amide bonds. The zero-order valence-corrected chi connectivity index (χ0v) is 6.69. The summed E-state index contributed by atoms with van der Waals surface area (Å²) >= 11 is 0. The van der Waals surface area contributed by atoms with Crippen molar-refractivity contribution in [3.05, 3.63) is 0 Å². The van der Waals surface area contributed by atoms with Gasteiger partial charge in [0.2, 0.25) is 0 Å². The standard InChI is InChI=1S/C8H16N2/c1-9-6-8-2-4-10(7-8)5-3-8/h9H,2-7H2,1H3. The Kier molecular flexibility index (Phi) is 1.46. The van der Waals surface area contributed by atoms with Crippen LogP contribution in [0.1, 0.15) is 12.8 Å². The van der Waals surface area contributed by atoms with Gasteiger partial charge in [0.15, 0.2) is 0 Å². The molecule has 2 bridgehead atoms. The van der Waals surface area contributed by atoms with Crippen LogP contribution in [0, 0.1) is 5.41 Å². The molecule has 1 N–H and O–H groups in total. The molecule has 58 valence electrons. The summed E-state index contributed by atoms with van der Waals surface area (Å²) in [6.07, 6.45) is 2.85. The first kappa shape index (κ1) is 6.62. The lowest BCUT2D eigenvalue weighted by molar-refractivity contribution is 0.312. The Bertz CT molecular complexity index is 125. The fourth-order valence-electron chi connectivity index (χ4n) is 2.43. The largest absolute Gasteiger partial charge is 0.319 e. The minimum absolute atomic E-state index is 0.675. The molecule has 2 saturated heterocycles. The number of hydrogen-bond acceptors (Lipinski definition) is 2. The molecule has 0 atom stereocenters. The SMILES string of the molecule is CNCC12CCN(CC1)C2. The van der Waals surface area contributed by atoms with E-state index >= 15 is 0 Å². The van der Waals surface area contributed by atoms with Crippen molar-refractivity contribution in [1.82, 2.24) is 10.2 Å². The highest BCUT2D eigenvalue weighted by Gasteiger charge is 2.42. The van der Waals surface area contributed by atoms with Crippen molar-refractivity contribution in [2.75, 3.05) is 33.2 Å². The maximum Gasteiger partial charge on any atom is 0.00511 e. The summed E-state index contributed by atoms with van der Waals surface area (Å²) in [5, 5.41) is 3.30. The van der Waals surface area contributed by atoms with Crippen LogP contribution in [0.4, 0.5) is 0 Å². The molecule has 0 aliphatic carbocycles. The van der Waals surface area contributed by atoms with Gasteiger partial charge in [-0.05, 0) is 38.4 Å². The van der Waals surface area contributed by atoms with Crippen molar-refractivity contribution in [3.8, 4) is 0 Å². The first-order valence-corrected chi connectivity index (χ1v) is 4.22. The Morgan fingerprint density at radius 3 is 2.50 bits per heavy atom. The Labute approximate surface area is 62.6 Å². The summed E-state index contributed by atoms with van der Waals surface area (Å²) in [6.45, 7) is 5.28. The maximum absolute atomic E-state index is 3.30. The molecule has 2 heterocycles. The molecular weight excluding hydrogens is 124 g/mol. The minimum atomic E-state index is 0.675. The van der Waals surface area contributed by atoms with Crippen LogP contribution < -0.4 is 5.32 Å². The summed E-state index contributed by atoms with van der Waals surface area (Å²) in [7, 11) is 2.07. The molecular formula is C8H16N2. The average molecular weight is 140 g/mol. The Balaban J connectivity index is 2.01. The average Bonchev–Trinajstić information content (AvgIpc) is 2.46. The highest BCUT2D eigenvalue weighted by Crippen LogP contribution is 2.39. The zero-order valence-electron chi connectivity index (χ0n) is 6.69. The quantitative estimate of drug-likeness (QED) is 0.593. The van der Waals surface area contributed by atoms with Crippen molar-refractivity contribution in [2.24, 2.45) is 5.41 Å². The fraction of sp³-hybridized carbons (Fsp3) is 1.00. The van der Waals surface area contributed by atoms with Gasteiger partial charge < -0.3 is 10.2 Å². The van der Waals surface area contributed by atoms with Gasteiger partial charge in [-0.2, -0.15) is 0 Å². The van der Waals surface area contributed by atoms with E-state index in [1.165, 1.54) is 39.0 Å². The van der Waals surface area contributed by atoms with Crippen molar-refractivity contribution in [2.45, 2.75) is 12.8 Å². The van der Waals surface area contributed by atoms with E-state index in [2.05, 4.69) is 17.3 Å². The molecule has 0 aromatic carbocycles. The Morgan fingerprint density at radius 1 is 1.40 bits per heavy atom. The topological polar surface area (TPSA) is 15.3 Å². The van der Waals surface area contributed by atoms with E-state index < -0.39 is 0 Å². The third-order valence-electron chi connectivity index (χ3n) is 3.03. The monoisotopic (exact) mass is 140 g/mol. The first-order valence-electron chi connectivity index (χ1n) is 4.22. The predicted molar refractivity (Wildman–Crippen MR) is 42.0 cm³/mol. The van der Waals surface area contributed by atoms with Crippen LogP contribution in [0.15, 0.2) is 0 Å². The smallest absolute Gasteiger partial charge is 0.00511 e. The lowest BCUT2D eigenvalue weighted by Crippen LogP contribution is -2.31. The lowest BCUT2D eigenvalue weighted by Gasteiger charge is -2.24. The zero-order chi connectivity index (χ0) is 7.03. The van der Waals surface area contributed by atoms with E-state index in [1.807, 2.05) is 0 Å². The normalized spacial score (nSPS) is 44.7. The number of fused-ring (bicyclic) bond motifs is 2. The second kappa shape index (κ2) is 2.21. The lowest BCUT2D eigenvalue weighted by atomic mass is 9.85. The first-order chi connectivity index (χ1) is 4.85. The van der Waals surface area contributed by atoms with Gasteiger partial charge in [-0.3, -0.25) is 0 Å². The van der Waals surface area contributed by atoms with Gasteiger partial charge in [-0.15, -0.1) is 0 Å². The van der Waals surface area contributed by atoms with Crippen molar-refractivity contribution >= 4 is 0 Å². The molecule has 2 aliphatic rings. The van der Waals surface area contributed by atoms with Crippen LogP contribution >= 0.6 is 0 Å². The number of nitrogens with zero attached hydrogens (tertiary/aromatic N) is 1. The van der Waals surface area contributed by atoms with Crippen LogP contribution in [0.5, 0.6) is 0 Å². The van der Waals surface area contributed by atoms with E-state index in [0.717, 1.165) is 0 Å². The number of hydrogen-bond donors (Lipinski definition) is 1. The fourth-order valence-corrected chi connectivity index (χ4v) is 2.43. The number of nitrogens with one attached hydrogen (secondary N) is 1. The molecule has 2 rings (SSSR count). The predicted octanol–water partition coefficient (Wildman–Crippen LogP) is 0.302. The highest BCUT2D eigenvalue weighted by molar-refractivity contribution is 4.97. The molecule has 10 heavy (non-hydrogen) atoms. The molecule has 0 radical (unpaired) electrons. The van der Waals surface area contributed by atoms with Crippen molar-refractivity contribution in [1.29, 1.82) is 0 Å². The molecule has 0 spiro atoms. The number of rotatable bonds is 2. The van der Waals surface area contributed by atoms with Crippen LogP contribution in [0.3, 0.4) is 0 Å². The van der Waals surface area contributed by atoms with Gasteiger partial charge in [-0.1, -0.05) is 0 Å². The molecule has 2 heteroatoms. The van der Waals surface area contributed by atoms with Gasteiger partial charge in [0.1, 0.15) is 0 Å². The second-order valence-corrected chi connectivity index (χ2v) is 3.81. The van der Waals surface area contributed by atoms with E-state index in [4.69, 9.17) is 0 Å². The van der Waals surface area contributed by atoms with E-state index in [9.17, 15) is 0 Å². The Hall–Kier alpha value is -0.0800. The van der Waals surface area contributed by atoms with Crippen LogP contribution in [0.2, 0.25) is 0 Å². The maximum atomic E-state index is 3.30. The molecule has 0 saturated carbocycles. The summed E-state index contributed by atoms with van der Waals surface area (Å²) in [5.74, 6) is 0. The van der Waals surface area contributed by atoms with Gasteiger partial charge in [0.25, 0.3) is 0 Å². The van der Waals surface area contributed by atoms with Crippen molar-refractivity contribution < 1.29 is 0 Å². The van der Waals surface area contributed by atoms with E-state index in [1.54, 1.807) is 0 Å². The van der Waals surface area contributed by atoms with Gasteiger partial charge in [0, 0.05) is 13.1 Å². The van der Waals surface area contributed by atoms with Crippen LogP contribution in [-0.4, -0.2) is 38.1 Å². The minimum Gasteiger partial charge on any atom is -0.319 e. The molecule has 2 fully saturated rings. The van der Waals surface area contributed by atoms with Crippen LogP contribution in [-0.2, 0) is 0 Å². The summed E-state index contributed by atoms with van der Waals surface area (Å²) in [4.78, 5) is 2.58. The molecule has 0 aromatic heterocycles. The molecule has 0 unspecified atom stereocenters. The second-order valence-electron chi connectivity index (χ2n) is 3.81. The molecule has 0 aromatic rings. The molecule has 2 aliphatic heterocycles.